The van der Waals surface area contributed by atoms with Gasteiger partial charge in [-0.1, -0.05) is 51.5 Å². The van der Waals surface area contributed by atoms with E-state index in [1.165, 1.54) is 17.5 Å². The molecular formula is C18H31NO2. The minimum atomic E-state index is 0.0865. The molecule has 0 bridgehead atoms. The van der Waals surface area contributed by atoms with Crippen molar-refractivity contribution in [1.29, 1.82) is 0 Å². The first-order valence-electron chi connectivity index (χ1n) is 8.13. The SMILES string of the molecule is CCCCOCCOC(CNC(C)C)c1ccccc1C. The van der Waals surface area contributed by atoms with Gasteiger partial charge in [-0.2, -0.15) is 0 Å². The second kappa shape index (κ2) is 10.8. The molecule has 0 radical (unpaired) electrons. The van der Waals surface area contributed by atoms with Crippen molar-refractivity contribution < 1.29 is 9.47 Å². The van der Waals surface area contributed by atoms with Gasteiger partial charge in [0.2, 0.25) is 0 Å². The van der Waals surface area contributed by atoms with Crippen LogP contribution in [0.1, 0.15) is 50.8 Å². The number of unbranched alkanes of at least 4 members (excludes halogenated alkanes) is 1. The molecule has 3 heteroatoms. The summed E-state index contributed by atoms with van der Waals surface area (Å²) < 4.78 is 11.6. The van der Waals surface area contributed by atoms with Gasteiger partial charge in [0.1, 0.15) is 0 Å². The lowest BCUT2D eigenvalue weighted by atomic mass is 10.0. The van der Waals surface area contributed by atoms with Crippen LogP contribution >= 0.6 is 0 Å². The fraction of sp³-hybridized carbons (Fsp3) is 0.667. The highest BCUT2D eigenvalue weighted by Crippen LogP contribution is 2.20. The van der Waals surface area contributed by atoms with Crippen LogP contribution in [0, 0.1) is 6.92 Å². The molecule has 3 nitrogen and oxygen atoms in total. The number of hydrogen-bond donors (Lipinski definition) is 1. The van der Waals surface area contributed by atoms with Gasteiger partial charge in [0, 0.05) is 19.2 Å². The van der Waals surface area contributed by atoms with Gasteiger partial charge in [0.05, 0.1) is 19.3 Å². The number of hydrogen-bond acceptors (Lipinski definition) is 3. The Kier molecular flexibility index (Phi) is 9.31. The van der Waals surface area contributed by atoms with E-state index in [0.29, 0.717) is 19.3 Å². The second-order valence-electron chi connectivity index (χ2n) is 5.74. The lowest BCUT2D eigenvalue weighted by Crippen LogP contribution is -2.30. The van der Waals surface area contributed by atoms with Crippen molar-refractivity contribution in [2.75, 3.05) is 26.4 Å². The van der Waals surface area contributed by atoms with Gasteiger partial charge in [-0.05, 0) is 24.5 Å². The van der Waals surface area contributed by atoms with Crippen molar-refractivity contribution in [2.24, 2.45) is 0 Å². The molecule has 0 aliphatic rings. The Morgan fingerprint density at radius 3 is 2.52 bits per heavy atom. The first-order valence-corrected chi connectivity index (χ1v) is 8.13. The maximum absolute atomic E-state index is 6.05. The molecule has 1 rings (SSSR count). The molecule has 120 valence electrons. The molecular weight excluding hydrogens is 262 g/mol. The van der Waals surface area contributed by atoms with E-state index < -0.39 is 0 Å². The topological polar surface area (TPSA) is 30.5 Å². The monoisotopic (exact) mass is 293 g/mol. The van der Waals surface area contributed by atoms with Crippen LogP contribution in [0.3, 0.4) is 0 Å². The molecule has 1 aromatic rings. The fourth-order valence-electron chi connectivity index (χ4n) is 2.15. The Labute approximate surface area is 130 Å². The molecule has 1 atom stereocenters. The van der Waals surface area contributed by atoms with Crippen LogP contribution in [0.15, 0.2) is 24.3 Å². The van der Waals surface area contributed by atoms with E-state index >= 15 is 0 Å². The predicted octanol–water partition coefficient (Wildman–Crippen LogP) is 3.87. The predicted molar refractivity (Wildman–Crippen MR) is 88.7 cm³/mol. The van der Waals surface area contributed by atoms with Gasteiger partial charge in [-0.25, -0.2) is 0 Å². The van der Waals surface area contributed by atoms with Crippen molar-refractivity contribution in [3.8, 4) is 0 Å². The Morgan fingerprint density at radius 1 is 1.10 bits per heavy atom. The normalized spacial score (nSPS) is 12.8. The summed E-state index contributed by atoms with van der Waals surface area (Å²) in [6, 6.07) is 8.89. The van der Waals surface area contributed by atoms with E-state index in [9.17, 15) is 0 Å². The van der Waals surface area contributed by atoms with Crippen LogP contribution in [0.4, 0.5) is 0 Å². The minimum absolute atomic E-state index is 0.0865. The highest BCUT2D eigenvalue weighted by atomic mass is 16.5. The van der Waals surface area contributed by atoms with E-state index in [2.05, 4.69) is 57.3 Å². The molecule has 0 aliphatic carbocycles. The molecule has 0 amide bonds. The van der Waals surface area contributed by atoms with Gasteiger partial charge in [-0.15, -0.1) is 0 Å². The summed E-state index contributed by atoms with van der Waals surface area (Å²) in [5, 5.41) is 3.47. The third-order valence-electron chi connectivity index (χ3n) is 3.44. The van der Waals surface area contributed by atoms with Crippen molar-refractivity contribution >= 4 is 0 Å². The van der Waals surface area contributed by atoms with E-state index in [1.54, 1.807) is 0 Å². The van der Waals surface area contributed by atoms with E-state index in [1.807, 2.05) is 0 Å². The average molecular weight is 293 g/mol. The van der Waals surface area contributed by atoms with E-state index in [4.69, 9.17) is 9.47 Å². The van der Waals surface area contributed by atoms with Crippen molar-refractivity contribution in [1.82, 2.24) is 5.32 Å². The number of ether oxygens (including phenoxy) is 2. The highest BCUT2D eigenvalue weighted by molar-refractivity contribution is 5.28. The summed E-state index contributed by atoms with van der Waals surface area (Å²) in [4.78, 5) is 0. The first-order chi connectivity index (χ1) is 10.1. The zero-order valence-electron chi connectivity index (χ0n) is 14.0. The molecule has 21 heavy (non-hydrogen) atoms. The number of nitrogens with one attached hydrogen (secondary N) is 1. The minimum Gasteiger partial charge on any atom is -0.379 e. The van der Waals surface area contributed by atoms with Gasteiger partial charge >= 0.3 is 0 Å². The van der Waals surface area contributed by atoms with Crippen LogP contribution in [-0.2, 0) is 9.47 Å². The van der Waals surface area contributed by atoms with Gasteiger partial charge in [-0.3, -0.25) is 0 Å². The summed E-state index contributed by atoms with van der Waals surface area (Å²) in [5.41, 5.74) is 2.54. The lowest BCUT2D eigenvalue weighted by molar-refractivity contribution is 0.00270. The fourth-order valence-corrected chi connectivity index (χ4v) is 2.15. The molecule has 0 saturated carbocycles. The van der Waals surface area contributed by atoms with Crippen LogP contribution in [-0.4, -0.2) is 32.4 Å². The third-order valence-corrected chi connectivity index (χ3v) is 3.44. The molecule has 0 heterocycles. The van der Waals surface area contributed by atoms with Crippen molar-refractivity contribution in [2.45, 2.75) is 52.7 Å². The average Bonchev–Trinajstić information content (AvgIpc) is 2.46. The van der Waals surface area contributed by atoms with Crippen LogP contribution < -0.4 is 5.32 Å². The quantitative estimate of drug-likeness (QED) is 0.628. The van der Waals surface area contributed by atoms with E-state index in [0.717, 1.165) is 19.6 Å². The largest absolute Gasteiger partial charge is 0.379 e. The molecule has 1 unspecified atom stereocenters. The standard InChI is InChI=1S/C18H31NO2/c1-5-6-11-20-12-13-21-18(14-19-15(2)3)17-10-8-7-9-16(17)4/h7-10,15,18-19H,5-6,11-14H2,1-4H3. The smallest absolute Gasteiger partial charge is 0.0953 e. The molecule has 0 fully saturated rings. The van der Waals surface area contributed by atoms with Gasteiger partial charge in [0.25, 0.3) is 0 Å². The van der Waals surface area contributed by atoms with Gasteiger partial charge in [0.15, 0.2) is 0 Å². The van der Waals surface area contributed by atoms with E-state index in [-0.39, 0.29) is 6.10 Å². The Balaban J connectivity index is 2.47. The molecule has 1 aromatic carbocycles. The molecule has 0 aromatic heterocycles. The van der Waals surface area contributed by atoms with Crippen LogP contribution in [0.5, 0.6) is 0 Å². The Bertz CT molecular complexity index is 379. The highest BCUT2D eigenvalue weighted by Gasteiger charge is 2.14. The van der Waals surface area contributed by atoms with Crippen molar-refractivity contribution in [3.63, 3.8) is 0 Å². The summed E-state index contributed by atoms with van der Waals surface area (Å²) in [6.45, 7) is 11.6. The van der Waals surface area contributed by atoms with Crippen LogP contribution in [0.25, 0.3) is 0 Å². The zero-order valence-corrected chi connectivity index (χ0v) is 14.0. The summed E-state index contributed by atoms with van der Waals surface area (Å²) >= 11 is 0. The Hall–Kier alpha value is -0.900. The molecule has 0 aliphatic heterocycles. The molecule has 0 saturated heterocycles. The van der Waals surface area contributed by atoms with Crippen molar-refractivity contribution in [3.05, 3.63) is 35.4 Å². The number of benzene rings is 1. The second-order valence-corrected chi connectivity index (χ2v) is 5.74. The molecule has 1 N–H and O–H groups in total. The Morgan fingerprint density at radius 2 is 1.86 bits per heavy atom. The molecule has 0 spiro atoms. The third kappa shape index (κ3) is 7.60. The zero-order chi connectivity index (χ0) is 15.5. The number of aryl methyl sites for hydroxylation is 1. The summed E-state index contributed by atoms with van der Waals surface area (Å²) in [6.07, 6.45) is 2.38. The summed E-state index contributed by atoms with van der Waals surface area (Å²) in [5.74, 6) is 0. The maximum atomic E-state index is 6.05. The summed E-state index contributed by atoms with van der Waals surface area (Å²) in [7, 11) is 0. The van der Waals surface area contributed by atoms with Gasteiger partial charge < -0.3 is 14.8 Å². The van der Waals surface area contributed by atoms with Crippen LogP contribution in [0.2, 0.25) is 0 Å². The lowest BCUT2D eigenvalue weighted by Gasteiger charge is -2.22. The maximum Gasteiger partial charge on any atom is 0.0953 e. The first kappa shape index (κ1) is 18.1. The number of rotatable bonds is 11.